The van der Waals surface area contributed by atoms with Crippen molar-refractivity contribution in [3.63, 3.8) is 0 Å². The Morgan fingerprint density at radius 1 is 1.38 bits per heavy atom. The highest BCUT2D eigenvalue weighted by Crippen LogP contribution is 2.14. The molecule has 0 radical (unpaired) electrons. The molecule has 0 saturated heterocycles. The molecule has 3 N–H and O–H groups in total. The second-order valence-electron chi connectivity index (χ2n) is 4.54. The number of hydrogen-bond acceptors (Lipinski definition) is 2. The number of anilines is 1. The number of nitrogens with two attached hydrogens (primary N) is 1. The van der Waals surface area contributed by atoms with E-state index < -0.39 is 6.04 Å². The number of benzene rings is 1. The third-order valence-electron chi connectivity index (χ3n) is 2.47. The molecule has 1 amide bonds. The molecule has 0 aliphatic carbocycles. The van der Waals surface area contributed by atoms with E-state index in [-0.39, 0.29) is 5.91 Å². The van der Waals surface area contributed by atoms with Gasteiger partial charge < -0.3 is 11.1 Å². The van der Waals surface area contributed by atoms with Crippen LogP contribution in [0.4, 0.5) is 5.69 Å². The molecule has 0 spiro atoms. The first kappa shape index (κ1) is 12.7. The molecule has 1 unspecified atom stereocenters. The minimum absolute atomic E-state index is 0.108. The van der Waals surface area contributed by atoms with Gasteiger partial charge in [-0.2, -0.15) is 0 Å². The molecule has 16 heavy (non-hydrogen) atoms. The highest BCUT2D eigenvalue weighted by Gasteiger charge is 2.15. The van der Waals surface area contributed by atoms with Crippen molar-refractivity contribution >= 4 is 11.6 Å². The number of rotatable bonds is 4. The number of amides is 1. The van der Waals surface area contributed by atoms with Crippen molar-refractivity contribution < 1.29 is 4.79 Å². The van der Waals surface area contributed by atoms with Crippen LogP contribution in [-0.4, -0.2) is 11.9 Å². The molecule has 3 nitrogen and oxygen atoms in total. The maximum absolute atomic E-state index is 11.8. The van der Waals surface area contributed by atoms with Gasteiger partial charge >= 0.3 is 0 Å². The Kier molecular flexibility index (Phi) is 4.50. The Hall–Kier alpha value is -1.35. The predicted octanol–water partition coefficient (Wildman–Crippen LogP) is 2.31. The summed E-state index contributed by atoms with van der Waals surface area (Å²) < 4.78 is 0. The minimum Gasteiger partial charge on any atom is -0.324 e. The number of para-hydroxylation sites is 1. The number of carbonyl (C=O) groups excluding carboxylic acids is 1. The summed E-state index contributed by atoms with van der Waals surface area (Å²) in [6, 6.07) is 7.26. The fraction of sp³-hybridized carbons (Fsp3) is 0.462. The first-order valence-corrected chi connectivity index (χ1v) is 5.62. The van der Waals surface area contributed by atoms with E-state index in [1.165, 1.54) is 0 Å². The van der Waals surface area contributed by atoms with Gasteiger partial charge in [-0.1, -0.05) is 32.0 Å². The molecule has 0 aliphatic heterocycles. The molecule has 1 atom stereocenters. The molecule has 0 bridgehead atoms. The zero-order chi connectivity index (χ0) is 12.1. The topological polar surface area (TPSA) is 55.1 Å². The van der Waals surface area contributed by atoms with E-state index in [2.05, 4.69) is 19.2 Å². The highest BCUT2D eigenvalue weighted by molar-refractivity contribution is 5.95. The largest absolute Gasteiger partial charge is 0.324 e. The quantitative estimate of drug-likeness (QED) is 0.818. The summed E-state index contributed by atoms with van der Waals surface area (Å²) in [5.74, 6) is 0.320. The third kappa shape index (κ3) is 3.66. The Morgan fingerprint density at radius 3 is 2.56 bits per heavy atom. The Bertz CT molecular complexity index is 361. The third-order valence-corrected chi connectivity index (χ3v) is 2.47. The molecule has 3 heteroatoms. The predicted molar refractivity (Wildman–Crippen MR) is 67.2 cm³/mol. The summed E-state index contributed by atoms with van der Waals surface area (Å²) in [6.45, 7) is 6.07. The number of aryl methyl sites for hydroxylation is 1. The smallest absolute Gasteiger partial charge is 0.241 e. The number of carbonyl (C=O) groups is 1. The molecule has 1 aromatic carbocycles. The van der Waals surface area contributed by atoms with Crippen molar-refractivity contribution in [1.29, 1.82) is 0 Å². The van der Waals surface area contributed by atoms with E-state index in [0.29, 0.717) is 12.3 Å². The van der Waals surface area contributed by atoms with Crippen molar-refractivity contribution in [2.24, 2.45) is 11.7 Å². The van der Waals surface area contributed by atoms with Gasteiger partial charge in [-0.15, -0.1) is 0 Å². The lowest BCUT2D eigenvalue weighted by Gasteiger charge is -2.15. The monoisotopic (exact) mass is 220 g/mol. The van der Waals surface area contributed by atoms with Gasteiger partial charge in [0.15, 0.2) is 0 Å². The Labute approximate surface area is 97.0 Å². The van der Waals surface area contributed by atoms with Crippen LogP contribution in [-0.2, 0) is 4.79 Å². The normalized spacial score (nSPS) is 12.6. The number of nitrogens with one attached hydrogen (secondary N) is 1. The summed E-state index contributed by atoms with van der Waals surface area (Å²) in [5.41, 5.74) is 7.69. The number of hydrogen-bond donors (Lipinski definition) is 2. The van der Waals surface area contributed by atoms with Gasteiger partial charge in [0.05, 0.1) is 6.04 Å². The molecule has 0 fully saturated rings. The van der Waals surface area contributed by atoms with Crippen LogP contribution in [0.25, 0.3) is 0 Å². The average molecular weight is 220 g/mol. The van der Waals surface area contributed by atoms with Crippen LogP contribution in [0, 0.1) is 12.8 Å². The van der Waals surface area contributed by atoms with E-state index in [1.54, 1.807) is 0 Å². The molecular formula is C13H20N2O. The molecule has 0 saturated carbocycles. The molecular weight excluding hydrogens is 200 g/mol. The molecule has 88 valence electrons. The lowest BCUT2D eigenvalue weighted by atomic mass is 10.0. The van der Waals surface area contributed by atoms with E-state index >= 15 is 0 Å². The SMILES string of the molecule is Cc1ccccc1NC(=O)C(N)CC(C)C. The lowest BCUT2D eigenvalue weighted by Crippen LogP contribution is -2.36. The molecule has 0 heterocycles. The highest BCUT2D eigenvalue weighted by atomic mass is 16.2. The van der Waals surface area contributed by atoms with Crippen LogP contribution >= 0.6 is 0 Å². The lowest BCUT2D eigenvalue weighted by molar-refractivity contribution is -0.117. The maximum Gasteiger partial charge on any atom is 0.241 e. The van der Waals surface area contributed by atoms with Gasteiger partial charge in [0.1, 0.15) is 0 Å². The van der Waals surface area contributed by atoms with E-state index in [1.807, 2.05) is 31.2 Å². The van der Waals surface area contributed by atoms with Gasteiger partial charge in [0.25, 0.3) is 0 Å². The summed E-state index contributed by atoms with van der Waals surface area (Å²) >= 11 is 0. The van der Waals surface area contributed by atoms with Gasteiger partial charge in [-0.25, -0.2) is 0 Å². The van der Waals surface area contributed by atoms with Gasteiger partial charge in [0, 0.05) is 5.69 Å². The van der Waals surface area contributed by atoms with E-state index in [9.17, 15) is 4.79 Å². The second-order valence-corrected chi connectivity index (χ2v) is 4.54. The standard InChI is InChI=1S/C13H20N2O/c1-9(2)8-11(14)13(16)15-12-7-5-4-6-10(12)3/h4-7,9,11H,8,14H2,1-3H3,(H,15,16). The maximum atomic E-state index is 11.8. The van der Waals surface area contributed by atoms with Gasteiger partial charge in [0.2, 0.25) is 5.91 Å². The van der Waals surface area contributed by atoms with Crippen LogP contribution in [0.15, 0.2) is 24.3 Å². The summed E-state index contributed by atoms with van der Waals surface area (Å²) in [6.07, 6.45) is 0.706. The van der Waals surface area contributed by atoms with Crippen LogP contribution in [0.1, 0.15) is 25.8 Å². The summed E-state index contributed by atoms with van der Waals surface area (Å²) in [4.78, 5) is 11.8. The molecule has 1 aromatic rings. The van der Waals surface area contributed by atoms with Gasteiger partial charge in [-0.05, 0) is 30.9 Å². The van der Waals surface area contributed by atoms with Crippen molar-refractivity contribution in [3.05, 3.63) is 29.8 Å². The van der Waals surface area contributed by atoms with Crippen molar-refractivity contribution in [2.75, 3.05) is 5.32 Å². The van der Waals surface area contributed by atoms with Crippen molar-refractivity contribution in [1.82, 2.24) is 0 Å². The fourth-order valence-corrected chi connectivity index (χ4v) is 1.55. The zero-order valence-electron chi connectivity index (χ0n) is 10.2. The fourth-order valence-electron chi connectivity index (χ4n) is 1.55. The Balaban J connectivity index is 2.61. The van der Waals surface area contributed by atoms with E-state index in [0.717, 1.165) is 11.3 Å². The van der Waals surface area contributed by atoms with Crippen LogP contribution < -0.4 is 11.1 Å². The van der Waals surface area contributed by atoms with Crippen LogP contribution in [0.2, 0.25) is 0 Å². The van der Waals surface area contributed by atoms with Crippen molar-refractivity contribution in [3.8, 4) is 0 Å². The summed E-state index contributed by atoms with van der Waals surface area (Å²) in [5, 5.41) is 2.85. The van der Waals surface area contributed by atoms with Crippen LogP contribution in [0.3, 0.4) is 0 Å². The van der Waals surface area contributed by atoms with Crippen LogP contribution in [0.5, 0.6) is 0 Å². The van der Waals surface area contributed by atoms with E-state index in [4.69, 9.17) is 5.73 Å². The average Bonchev–Trinajstić information content (AvgIpc) is 2.20. The minimum atomic E-state index is -0.431. The second kappa shape index (κ2) is 5.66. The molecule has 1 rings (SSSR count). The van der Waals surface area contributed by atoms with Crippen molar-refractivity contribution in [2.45, 2.75) is 33.2 Å². The molecule has 0 aliphatic rings. The zero-order valence-corrected chi connectivity index (χ0v) is 10.2. The Morgan fingerprint density at radius 2 is 2.00 bits per heavy atom. The first-order chi connectivity index (χ1) is 7.50. The first-order valence-electron chi connectivity index (χ1n) is 5.62. The molecule has 0 aromatic heterocycles. The summed E-state index contributed by atoms with van der Waals surface area (Å²) in [7, 11) is 0. The van der Waals surface area contributed by atoms with Gasteiger partial charge in [-0.3, -0.25) is 4.79 Å².